The van der Waals surface area contributed by atoms with Crippen molar-refractivity contribution in [2.75, 3.05) is 13.2 Å². The van der Waals surface area contributed by atoms with Crippen LogP contribution in [0.25, 0.3) is 0 Å². The number of allylic oxidation sites excluding steroid dienone is 7. The van der Waals surface area contributed by atoms with Gasteiger partial charge in [-0.2, -0.15) is 0 Å². The molecule has 0 aromatic heterocycles. The highest BCUT2D eigenvalue weighted by Crippen LogP contribution is 2.23. The van der Waals surface area contributed by atoms with Gasteiger partial charge in [-0.05, 0) is 70.6 Å². The second kappa shape index (κ2) is 51.6. The molecule has 1 heterocycles. The number of nitrogens with one attached hydrogen (secondary N) is 1. The second-order valence-electron chi connectivity index (χ2n) is 21.1. The molecular weight excluding hydrogens is 887 g/mol. The molecule has 1 saturated heterocycles. The zero-order chi connectivity index (χ0) is 51.5. The lowest BCUT2D eigenvalue weighted by Gasteiger charge is -2.40. The van der Waals surface area contributed by atoms with Crippen LogP contribution >= 0.6 is 0 Å². The Labute approximate surface area is 437 Å². The van der Waals surface area contributed by atoms with Gasteiger partial charge in [0.2, 0.25) is 5.91 Å². The number of unbranched alkanes of at least 4 members (excludes halogenated alkanes) is 36. The topological polar surface area (TPSA) is 149 Å². The minimum Gasteiger partial charge on any atom is -0.394 e. The molecule has 1 amide bonds. The van der Waals surface area contributed by atoms with Crippen molar-refractivity contribution in [1.29, 1.82) is 0 Å². The highest BCUT2D eigenvalue weighted by molar-refractivity contribution is 5.76. The van der Waals surface area contributed by atoms with Gasteiger partial charge in [0.15, 0.2) is 6.29 Å². The van der Waals surface area contributed by atoms with E-state index >= 15 is 0 Å². The van der Waals surface area contributed by atoms with Gasteiger partial charge < -0.3 is 40.3 Å². The highest BCUT2D eigenvalue weighted by atomic mass is 16.7. The van der Waals surface area contributed by atoms with Crippen molar-refractivity contribution >= 4 is 5.91 Å². The number of aliphatic hydroxyl groups is 5. The lowest BCUT2D eigenvalue weighted by atomic mass is 9.99. The monoisotopic (exact) mass is 1000 g/mol. The van der Waals surface area contributed by atoms with Gasteiger partial charge in [-0.3, -0.25) is 4.79 Å². The van der Waals surface area contributed by atoms with E-state index in [4.69, 9.17) is 9.47 Å². The Morgan fingerprint density at radius 1 is 0.465 bits per heavy atom. The third-order valence-corrected chi connectivity index (χ3v) is 14.4. The Bertz CT molecular complexity index is 1250. The first-order chi connectivity index (χ1) is 34.8. The van der Waals surface area contributed by atoms with E-state index in [0.29, 0.717) is 6.42 Å². The van der Waals surface area contributed by atoms with E-state index in [1.165, 1.54) is 218 Å². The maximum atomic E-state index is 13.1. The SMILES string of the molecule is CCCCCCCCCC/C=C\CCCCCCCCCCCC(=O)NC(COC1OC(CO)C(O)C(O)C1O)C(O)/C=C/CC/C=C/CC/C=C/CCCCCCCCCCCCCCCCCCC. The van der Waals surface area contributed by atoms with Gasteiger partial charge in [-0.1, -0.05) is 255 Å². The molecule has 1 aliphatic rings. The first kappa shape index (κ1) is 67.2. The van der Waals surface area contributed by atoms with E-state index in [1.807, 2.05) is 6.08 Å². The summed E-state index contributed by atoms with van der Waals surface area (Å²) in [5, 5.41) is 54.5. The molecule has 71 heavy (non-hydrogen) atoms. The molecule has 0 bridgehead atoms. The molecule has 0 spiro atoms. The zero-order valence-electron chi connectivity index (χ0n) is 46.2. The molecule has 1 fully saturated rings. The van der Waals surface area contributed by atoms with Crippen molar-refractivity contribution in [3.05, 3.63) is 48.6 Å². The first-order valence-corrected chi connectivity index (χ1v) is 30.4. The molecular formula is C62H115NO8. The summed E-state index contributed by atoms with van der Waals surface area (Å²) >= 11 is 0. The van der Waals surface area contributed by atoms with Crippen LogP contribution in [0.15, 0.2) is 48.6 Å². The number of hydrogen-bond donors (Lipinski definition) is 6. The van der Waals surface area contributed by atoms with Gasteiger partial charge in [-0.15, -0.1) is 0 Å². The second-order valence-corrected chi connectivity index (χ2v) is 21.1. The van der Waals surface area contributed by atoms with E-state index in [9.17, 15) is 30.3 Å². The predicted octanol–water partition coefficient (Wildman–Crippen LogP) is 15.3. The molecule has 1 rings (SSSR count). The maximum Gasteiger partial charge on any atom is 0.220 e. The molecule has 9 nitrogen and oxygen atoms in total. The maximum absolute atomic E-state index is 13.1. The number of ether oxygens (including phenoxy) is 2. The average Bonchev–Trinajstić information content (AvgIpc) is 3.37. The van der Waals surface area contributed by atoms with Gasteiger partial charge in [0, 0.05) is 6.42 Å². The van der Waals surface area contributed by atoms with Gasteiger partial charge in [0.1, 0.15) is 24.4 Å². The third-order valence-electron chi connectivity index (χ3n) is 14.4. The number of aliphatic hydroxyl groups excluding tert-OH is 5. The van der Waals surface area contributed by atoms with E-state index in [-0.39, 0.29) is 12.5 Å². The third kappa shape index (κ3) is 41.1. The molecule has 0 aromatic carbocycles. The van der Waals surface area contributed by atoms with Crippen molar-refractivity contribution in [3.63, 3.8) is 0 Å². The van der Waals surface area contributed by atoms with Crippen molar-refractivity contribution < 1.29 is 39.8 Å². The quantitative estimate of drug-likeness (QED) is 0.0261. The Morgan fingerprint density at radius 2 is 0.803 bits per heavy atom. The number of hydrogen-bond acceptors (Lipinski definition) is 8. The number of carbonyl (C=O) groups is 1. The van der Waals surface area contributed by atoms with E-state index in [0.717, 1.165) is 44.9 Å². The lowest BCUT2D eigenvalue weighted by molar-refractivity contribution is -0.302. The molecule has 6 N–H and O–H groups in total. The van der Waals surface area contributed by atoms with Crippen molar-refractivity contribution in [2.24, 2.45) is 0 Å². The van der Waals surface area contributed by atoms with Crippen LogP contribution in [0.1, 0.15) is 284 Å². The number of carbonyl (C=O) groups excluding carboxylic acids is 1. The van der Waals surface area contributed by atoms with Crippen LogP contribution in [0.5, 0.6) is 0 Å². The standard InChI is InChI=1S/C62H115NO8/c1-3-5-7-9-11-13-15-17-19-21-23-25-26-27-28-29-30-32-33-35-37-39-41-43-45-47-49-51-56(65)55(54-70-62-61(69)60(68)59(67)57(53-64)71-62)63-58(66)52-50-48-46-44-42-40-38-36-34-31-24-22-20-18-16-14-12-10-8-6-4-2/h22,24,33,35,41,43,49,51,55-57,59-62,64-65,67-69H,3-21,23,25-32,34,36-40,42,44-48,50,52-54H2,1-2H3,(H,63,66)/b24-22-,35-33+,43-41+,51-49+. The molecule has 0 radical (unpaired) electrons. The van der Waals surface area contributed by atoms with Crippen molar-refractivity contribution in [2.45, 2.75) is 326 Å². The predicted molar refractivity (Wildman–Crippen MR) is 299 cm³/mol. The summed E-state index contributed by atoms with van der Waals surface area (Å²) in [5.41, 5.74) is 0. The average molecular weight is 1000 g/mol. The summed E-state index contributed by atoms with van der Waals surface area (Å²) < 4.78 is 11.3. The van der Waals surface area contributed by atoms with Gasteiger partial charge in [0.25, 0.3) is 0 Å². The minimum atomic E-state index is -1.58. The summed E-state index contributed by atoms with van der Waals surface area (Å²) in [4.78, 5) is 13.1. The molecule has 0 aromatic rings. The summed E-state index contributed by atoms with van der Waals surface area (Å²) in [6.45, 7) is 3.79. The molecule has 0 aliphatic carbocycles. The normalized spacial score (nSPS) is 19.6. The Morgan fingerprint density at radius 3 is 1.18 bits per heavy atom. The summed E-state index contributed by atoms with van der Waals surface area (Å²) in [6, 6.07) is -0.831. The van der Waals surface area contributed by atoms with Crippen LogP contribution < -0.4 is 5.32 Å². The first-order valence-electron chi connectivity index (χ1n) is 30.4. The minimum absolute atomic E-state index is 0.191. The van der Waals surface area contributed by atoms with Crippen LogP contribution in [0.4, 0.5) is 0 Å². The fourth-order valence-corrected chi connectivity index (χ4v) is 9.54. The largest absolute Gasteiger partial charge is 0.394 e. The summed E-state index contributed by atoms with van der Waals surface area (Å²) in [5.74, 6) is -0.191. The van der Waals surface area contributed by atoms with Crippen LogP contribution in [0.2, 0.25) is 0 Å². The van der Waals surface area contributed by atoms with Gasteiger partial charge in [-0.25, -0.2) is 0 Å². The van der Waals surface area contributed by atoms with Crippen molar-refractivity contribution in [1.82, 2.24) is 5.32 Å². The van der Waals surface area contributed by atoms with E-state index < -0.39 is 49.5 Å². The lowest BCUT2D eigenvalue weighted by Crippen LogP contribution is -2.60. The molecule has 7 atom stereocenters. The van der Waals surface area contributed by atoms with E-state index in [2.05, 4.69) is 55.6 Å². The summed E-state index contributed by atoms with van der Waals surface area (Å²) in [6.07, 6.45) is 61.9. The molecule has 7 unspecified atom stereocenters. The fraction of sp³-hybridized carbons (Fsp3) is 0.855. The van der Waals surface area contributed by atoms with Crippen LogP contribution in [-0.2, 0) is 14.3 Å². The van der Waals surface area contributed by atoms with E-state index in [1.54, 1.807) is 6.08 Å². The molecule has 1 aliphatic heterocycles. The van der Waals surface area contributed by atoms with Crippen LogP contribution in [0.3, 0.4) is 0 Å². The molecule has 416 valence electrons. The van der Waals surface area contributed by atoms with Gasteiger partial charge in [0.05, 0.1) is 25.4 Å². The fourth-order valence-electron chi connectivity index (χ4n) is 9.54. The molecule has 0 saturated carbocycles. The number of amides is 1. The van der Waals surface area contributed by atoms with Gasteiger partial charge >= 0.3 is 0 Å². The smallest absolute Gasteiger partial charge is 0.220 e. The Hall–Kier alpha value is -1.85. The van der Waals surface area contributed by atoms with Crippen LogP contribution in [-0.4, -0.2) is 87.5 Å². The van der Waals surface area contributed by atoms with Crippen LogP contribution in [0, 0.1) is 0 Å². The Kier molecular flexibility index (Phi) is 48.8. The summed E-state index contributed by atoms with van der Waals surface area (Å²) in [7, 11) is 0. The number of rotatable bonds is 52. The Balaban J connectivity index is 2.24. The zero-order valence-corrected chi connectivity index (χ0v) is 46.2. The highest BCUT2D eigenvalue weighted by Gasteiger charge is 2.44. The molecule has 9 heteroatoms. The van der Waals surface area contributed by atoms with Crippen molar-refractivity contribution in [3.8, 4) is 0 Å².